The van der Waals surface area contributed by atoms with E-state index in [4.69, 9.17) is 0 Å². The standard InChI is InChI=1S/C21H22F2N2O2/c22-17-5-3-6-18(23)19(17)15-12-16(15)20(26)25-10-7-21(27,8-11-25)13-14-4-1-2-9-24-14/h1-6,9,15-16,27H,7-8,10-13H2. The van der Waals surface area contributed by atoms with Gasteiger partial charge in [0.25, 0.3) is 0 Å². The third-order valence-electron chi connectivity index (χ3n) is 5.72. The van der Waals surface area contributed by atoms with E-state index in [0.29, 0.717) is 38.8 Å². The zero-order valence-electron chi connectivity index (χ0n) is 14.9. The number of amides is 1. The highest BCUT2D eigenvalue weighted by molar-refractivity contribution is 5.83. The van der Waals surface area contributed by atoms with Crippen molar-refractivity contribution in [3.8, 4) is 0 Å². The molecule has 27 heavy (non-hydrogen) atoms. The van der Waals surface area contributed by atoms with Crippen molar-refractivity contribution in [2.75, 3.05) is 13.1 Å². The molecule has 2 aromatic rings. The molecule has 2 atom stereocenters. The van der Waals surface area contributed by atoms with Crippen LogP contribution in [-0.2, 0) is 11.2 Å². The molecule has 1 aliphatic heterocycles. The zero-order valence-corrected chi connectivity index (χ0v) is 14.9. The number of piperidine rings is 1. The summed E-state index contributed by atoms with van der Waals surface area (Å²) in [6, 6.07) is 9.40. The number of pyridine rings is 1. The van der Waals surface area contributed by atoms with Crippen molar-refractivity contribution in [1.82, 2.24) is 9.88 Å². The van der Waals surface area contributed by atoms with Crippen LogP contribution in [0.25, 0.3) is 0 Å². The van der Waals surface area contributed by atoms with Crippen molar-refractivity contribution in [3.05, 3.63) is 65.5 Å². The third-order valence-corrected chi connectivity index (χ3v) is 5.72. The van der Waals surface area contributed by atoms with Crippen LogP contribution in [0, 0.1) is 17.6 Å². The molecule has 4 rings (SSSR count). The molecule has 2 heterocycles. The zero-order chi connectivity index (χ0) is 19.0. The molecule has 2 aliphatic rings. The van der Waals surface area contributed by atoms with Gasteiger partial charge in [-0.2, -0.15) is 0 Å². The van der Waals surface area contributed by atoms with Crippen molar-refractivity contribution in [1.29, 1.82) is 0 Å². The highest BCUT2D eigenvalue weighted by Crippen LogP contribution is 2.50. The van der Waals surface area contributed by atoms with Gasteiger partial charge in [0, 0.05) is 48.8 Å². The molecule has 142 valence electrons. The molecule has 2 fully saturated rings. The molecule has 1 saturated heterocycles. The van der Waals surface area contributed by atoms with E-state index in [0.717, 1.165) is 5.69 Å². The number of hydrogen-bond acceptors (Lipinski definition) is 3. The van der Waals surface area contributed by atoms with Crippen molar-refractivity contribution in [2.45, 2.75) is 37.2 Å². The van der Waals surface area contributed by atoms with Crippen LogP contribution in [0.1, 0.15) is 36.4 Å². The Morgan fingerprint density at radius 2 is 1.85 bits per heavy atom. The molecule has 4 nitrogen and oxygen atoms in total. The first-order valence-electron chi connectivity index (χ1n) is 9.32. The van der Waals surface area contributed by atoms with Gasteiger partial charge in [0.05, 0.1) is 5.60 Å². The minimum Gasteiger partial charge on any atom is -0.389 e. The summed E-state index contributed by atoms with van der Waals surface area (Å²) in [7, 11) is 0. The summed E-state index contributed by atoms with van der Waals surface area (Å²) < 4.78 is 27.8. The lowest BCUT2D eigenvalue weighted by molar-refractivity contribution is -0.136. The molecular weight excluding hydrogens is 350 g/mol. The topological polar surface area (TPSA) is 53.4 Å². The average molecular weight is 372 g/mol. The summed E-state index contributed by atoms with van der Waals surface area (Å²) in [6.45, 7) is 0.899. The average Bonchev–Trinajstić information content (AvgIpc) is 3.42. The SMILES string of the molecule is O=C(C1CC1c1c(F)cccc1F)N1CCC(O)(Cc2ccccn2)CC1. The van der Waals surface area contributed by atoms with Gasteiger partial charge in [-0.3, -0.25) is 9.78 Å². The Morgan fingerprint density at radius 3 is 2.48 bits per heavy atom. The number of benzene rings is 1. The molecule has 0 spiro atoms. The van der Waals surface area contributed by atoms with Crippen LogP contribution in [0.2, 0.25) is 0 Å². The van der Waals surface area contributed by atoms with Crippen LogP contribution in [-0.4, -0.2) is 39.6 Å². The van der Waals surface area contributed by atoms with Crippen LogP contribution in [0.15, 0.2) is 42.6 Å². The van der Waals surface area contributed by atoms with Gasteiger partial charge in [0.1, 0.15) is 11.6 Å². The number of aromatic nitrogens is 1. The fourth-order valence-electron chi connectivity index (χ4n) is 4.05. The van der Waals surface area contributed by atoms with Crippen molar-refractivity contribution in [2.24, 2.45) is 5.92 Å². The van der Waals surface area contributed by atoms with E-state index in [1.165, 1.54) is 18.2 Å². The first-order valence-corrected chi connectivity index (χ1v) is 9.32. The number of carbonyl (C=O) groups excluding carboxylic acids is 1. The Labute approximate surface area is 156 Å². The van der Waals surface area contributed by atoms with E-state index in [9.17, 15) is 18.7 Å². The van der Waals surface area contributed by atoms with Crippen LogP contribution < -0.4 is 0 Å². The van der Waals surface area contributed by atoms with Crippen LogP contribution >= 0.6 is 0 Å². The Bertz CT molecular complexity index is 815. The number of halogens is 2. The lowest BCUT2D eigenvalue weighted by atomic mass is 9.86. The summed E-state index contributed by atoms with van der Waals surface area (Å²) in [4.78, 5) is 18.7. The maximum Gasteiger partial charge on any atom is 0.226 e. The largest absolute Gasteiger partial charge is 0.389 e. The van der Waals surface area contributed by atoms with E-state index in [1.807, 2.05) is 18.2 Å². The molecule has 0 radical (unpaired) electrons. The molecule has 2 unspecified atom stereocenters. The number of likely N-dealkylation sites (tertiary alicyclic amines) is 1. The van der Waals surface area contributed by atoms with E-state index in [2.05, 4.69) is 4.98 Å². The van der Waals surface area contributed by atoms with Crippen molar-refractivity contribution < 1.29 is 18.7 Å². The first kappa shape index (κ1) is 18.0. The van der Waals surface area contributed by atoms with Gasteiger partial charge in [-0.15, -0.1) is 0 Å². The second-order valence-electron chi connectivity index (χ2n) is 7.63. The smallest absolute Gasteiger partial charge is 0.226 e. The summed E-state index contributed by atoms with van der Waals surface area (Å²) >= 11 is 0. The molecule has 1 aliphatic carbocycles. The van der Waals surface area contributed by atoms with Gasteiger partial charge in [-0.1, -0.05) is 12.1 Å². The van der Waals surface area contributed by atoms with Gasteiger partial charge < -0.3 is 10.0 Å². The fraction of sp³-hybridized carbons (Fsp3) is 0.429. The lowest BCUT2D eigenvalue weighted by Gasteiger charge is -2.38. The minimum absolute atomic E-state index is 0.0273. The summed E-state index contributed by atoms with van der Waals surface area (Å²) in [5.41, 5.74) is -0.0114. The molecule has 1 amide bonds. The predicted octanol–water partition coefficient (Wildman–Crippen LogP) is 3.06. The van der Waals surface area contributed by atoms with Gasteiger partial charge in [-0.05, 0) is 43.5 Å². The Hall–Kier alpha value is -2.34. The van der Waals surface area contributed by atoms with Crippen molar-refractivity contribution in [3.63, 3.8) is 0 Å². The molecule has 1 saturated carbocycles. The quantitative estimate of drug-likeness (QED) is 0.898. The molecule has 0 bridgehead atoms. The number of hydrogen-bond donors (Lipinski definition) is 1. The summed E-state index contributed by atoms with van der Waals surface area (Å²) in [5, 5.41) is 10.8. The maximum absolute atomic E-state index is 13.9. The minimum atomic E-state index is -0.869. The molecular formula is C21H22F2N2O2. The van der Waals surface area contributed by atoms with E-state index in [-0.39, 0.29) is 23.3 Å². The van der Waals surface area contributed by atoms with Crippen LogP contribution in [0.4, 0.5) is 8.78 Å². The fourth-order valence-corrected chi connectivity index (χ4v) is 4.05. The third kappa shape index (κ3) is 3.72. The van der Waals surface area contributed by atoms with Gasteiger partial charge in [0.2, 0.25) is 5.91 Å². The number of carbonyl (C=O) groups is 1. The molecule has 1 aromatic carbocycles. The van der Waals surface area contributed by atoms with Gasteiger partial charge >= 0.3 is 0 Å². The number of nitrogens with zero attached hydrogens (tertiary/aromatic N) is 2. The Kier molecular flexibility index (Phi) is 4.68. The Morgan fingerprint density at radius 1 is 1.15 bits per heavy atom. The number of aliphatic hydroxyl groups is 1. The normalized spacial score (nSPS) is 23.9. The summed E-state index contributed by atoms with van der Waals surface area (Å²) in [6.07, 6.45) is 3.59. The Balaban J connectivity index is 1.36. The first-order chi connectivity index (χ1) is 13.0. The molecule has 6 heteroatoms. The monoisotopic (exact) mass is 372 g/mol. The summed E-state index contributed by atoms with van der Waals surface area (Å²) in [5.74, 6) is -1.98. The molecule has 1 N–H and O–H groups in total. The van der Waals surface area contributed by atoms with Gasteiger partial charge in [0.15, 0.2) is 0 Å². The van der Waals surface area contributed by atoms with Crippen molar-refractivity contribution >= 4 is 5.91 Å². The maximum atomic E-state index is 13.9. The van der Waals surface area contributed by atoms with E-state index >= 15 is 0 Å². The highest BCUT2D eigenvalue weighted by Gasteiger charge is 2.49. The lowest BCUT2D eigenvalue weighted by Crippen LogP contribution is -2.48. The van der Waals surface area contributed by atoms with Crippen LogP contribution in [0.5, 0.6) is 0 Å². The van der Waals surface area contributed by atoms with Crippen LogP contribution in [0.3, 0.4) is 0 Å². The predicted molar refractivity (Wildman–Crippen MR) is 95.9 cm³/mol. The highest BCUT2D eigenvalue weighted by atomic mass is 19.1. The second-order valence-corrected chi connectivity index (χ2v) is 7.63. The molecule has 1 aromatic heterocycles. The number of rotatable bonds is 4. The van der Waals surface area contributed by atoms with Gasteiger partial charge in [-0.25, -0.2) is 8.78 Å². The second kappa shape index (κ2) is 7.00. The van der Waals surface area contributed by atoms with E-state index < -0.39 is 17.2 Å². The van der Waals surface area contributed by atoms with E-state index in [1.54, 1.807) is 11.1 Å².